The summed E-state index contributed by atoms with van der Waals surface area (Å²) < 4.78 is 14.0. The van der Waals surface area contributed by atoms with Gasteiger partial charge in [-0.3, -0.25) is 4.79 Å². The number of para-hydroxylation sites is 1. The van der Waals surface area contributed by atoms with Crippen LogP contribution in [0, 0.1) is 17.1 Å². The minimum absolute atomic E-state index is 0.00610. The minimum Gasteiger partial charge on any atom is -0.308 e. The van der Waals surface area contributed by atoms with Gasteiger partial charge in [0.15, 0.2) is 0 Å². The zero-order valence-electron chi connectivity index (χ0n) is 13.9. The molecule has 0 unspecified atom stereocenters. The molecule has 0 spiro atoms. The Kier molecular flexibility index (Phi) is 6.93. The molecule has 0 aliphatic heterocycles. The van der Waals surface area contributed by atoms with Crippen LogP contribution in [0.4, 0.5) is 10.1 Å². The Morgan fingerprint density at radius 1 is 1.28 bits per heavy atom. The first-order chi connectivity index (χ1) is 12.0. The van der Waals surface area contributed by atoms with Gasteiger partial charge in [0.1, 0.15) is 5.82 Å². The Morgan fingerprint density at radius 2 is 1.96 bits per heavy atom. The van der Waals surface area contributed by atoms with Gasteiger partial charge in [-0.2, -0.15) is 5.26 Å². The van der Waals surface area contributed by atoms with Gasteiger partial charge < -0.3 is 10.2 Å². The van der Waals surface area contributed by atoms with Gasteiger partial charge in [0.25, 0.3) is 0 Å². The molecule has 1 N–H and O–H groups in total. The van der Waals surface area contributed by atoms with Crippen molar-refractivity contribution in [3.8, 4) is 6.07 Å². The average molecular weight is 360 g/mol. The molecule has 1 amide bonds. The largest absolute Gasteiger partial charge is 0.308 e. The molecule has 6 heteroatoms. The van der Waals surface area contributed by atoms with Crippen LogP contribution in [-0.2, 0) is 4.79 Å². The van der Waals surface area contributed by atoms with Gasteiger partial charge in [0, 0.05) is 17.6 Å². The summed E-state index contributed by atoms with van der Waals surface area (Å²) in [5.74, 6) is -0.799. The van der Waals surface area contributed by atoms with Crippen molar-refractivity contribution in [3.63, 3.8) is 0 Å². The number of anilines is 1. The summed E-state index contributed by atoms with van der Waals surface area (Å²) >= 11 is 6.16. The van der Waals surface area contributed by atoms with E-state index in [9.17, 15) is 9.18 Å². The van der Waals surface area contributed by atoms with E-state index in [-0.39, 0.29) is 37.1 Å². The highest BCUT2D eigenvalue weighted by Gasteiger charge is 2.19. The van der Waals surface area contributed by atoms with Gasteiger partial charge in [0.05, 0.1) is 24.7 Å². The summed E-state index contributed by atoms with van der Waals surface area (Å²) in [6, 6.07) is 15.3. The smallest absolute Gasteiger partial charge is 0.241 e. The molecule has 0 fully saturated rings. The summed E-state index contributed by atoms with van der Waals surface area (Å²) in [5, 5.41) is 12.5. The van der Waals surface area contributed by atoms with Crippen LogP contribution in [-0.4, -0.2) is 19.0 Å². The van der Waals surface area contributed by atoms with Crippen molar-refractivity contribution in [1.29, 1.82) is 5.26 Å². The number of nitrogens with zero attached hydrogens (tertiary/aromatic N) is 2. The fourth-order valence-electron chi connectivity index (χ4n) is 2.48. The lowest BCUT2D eigenvalue weighted by Crippen LogP contribution is -2.40. The van der Waals surface area contributed by atoms with E-state index >= 15 is 0 Å². The van der Waals surface area contributed by atoms with Crippen molar-refractivity contribution in [3.05, 3.63) is 64.9 Å². The number of hydrogen-bond donors (Lipinski definition) is 1. The van der Waals surface area contributed by atoms with Crippen molar-refractivity contribution >= 4 is 23.2 Å². The van der Waals surface area contributed by atoms with E-state index in [2.05, 4.69) is 5.32 Å². The summed E-state index contributed by atoms with van der Waals surface area (Å²) in [4.78, 5) is 13.9. The number of hydrogen-bond acceptors (Lipinski definition) is 3. The molecular weight excluding hydrogens is 341 g/mol. The number of carbonyl (C=O) groups excluding carboxylic acids is 1. The number of nitriles is 1. The first-order valence-corrected chi connectivity index (χ1v) is 8.32. The molecule has 1 atom stereocenters. The van der Waals surface area contributed by atoms with Gasteiger partial charge in [-0.1, -0.05) is 41.9 Å². The molecule has 0 saturated heterocycles. The molecule has 4 nitrogen and oxygen atoms in total. The topological polar surface area (TPSA) is 56.1 Å². The Balaban J connectivity index is 2.08. The van der Waals surface area contributed by atoms with E-state index in [1.165, 1.54) is 17.0 Å². The molecule has 0 aromatic heterocycles. The Morgan fingerprint density at radius 3 is 2.64 bits per heavy atom. The minimum atomic E-state index is -0.493. The van der Waals surface area contributed by atoms with E-state index in [1.54, 1.807) is 18.2 Å². The van der Waals surface area contributed by atoms with E-state index < -0.39 is 5.82 Å². The Bertz CT molecular complexity index is 775. The molecule has 25 heavy (non-hydrogen) atoms. The third kappa shape index (κ3) is 5.02. The molecule has 0 heterocycles. The highest BCUT2D eigenvalue weighted by Crippen LogP contribution is 2.22. The quantitative estimate of drug-likeness (QED) is 0.810. The molecule has 0 radical (unpaired) electrons. The fraction of sp³-hybridized carbons (Fsp3) is 0.263. The summed E-state index contributed by atoms with van der Waals surface area (Å²) in [7, 11) is 0. The van der Waals surface area contributed by atoms with Crippen LogP contribution >= 0.6 is 11.6 Å². The predicted molar refractivity (Wildman–Crippen MR) is 96.9 cm³/mol. The number of carbonyl (C=O) groups is 1. The van der Waals surface area contributed by atoms with Gasteiger partial charge in [0.2, 0.25) is 5.91 Å². The van der Waals surface area contributed by atoms with Crippen LogP contribution < -0.4 is 10.2 Å². The van der Waals surface area contributed by atoms with Crippen molar-refractivity contribution in [2.45, 2.75) is 19.4 Å². The van der Waals surface area contributed by atoms with Crippen LogP contribution in [0.5, 0.6) is 0 Å². The fourth-order valence-corrected chi connectivity index (χ4v) is 2.78. The SMILES string of the molecule is C[C@H](NCC(=O)N(CCC#N)c1ccccc1F)c1ccccc1Cl. The van der Waals surface area contributed by atoms with E-state index in [4.69, 9.17) is 16.9 Å². The van der Waals surface area contributed by atoms with E-state index in [0.717, 1.165) is 5.56 Å². The standard InChI is InChI=1S/C19H19ClFN3O/c1-14(15-7-2-3-8-16(15)20)23-13-19(25)24(12-6-11-22)18-10-5-4-9-17(18)21/h2-5,7-10,14,23H,6,12-13H2,1H3/t14-/m0/s1. The second kappa shape index (κ2) is 9.16. The average Bonchev–Trinajstić information content (AvgIpc) is 2.61. The first-order valence-electron chi connectivity index (χ1n) is 7.94. The maximum absolute atomic E-state index is 14.0. The third-order valence-electron chi connectivity index (χ3n) is 3.82. The monoisotopic (exact) mass is 359 g/mol. The van der Waals surface area contributed by atoms with Gasteiger partial charge in [-0.15, -0.1) is 0 Å². The molecule has 0 bridgehead atoms. The second-order valence-corrected chi connectivity index (χ2v) is 5.94. The molecule has 0 aliphatic rings. The second-order valence-electron chi connectivity index (χ2n) is 5.53. The van der Waals surface area contributed by atoms with Crippen molar-refractivity contribution < 1.29 is 9.18 Å². The maximum atomic E-state index is 14.0. The molecular formula is C19H19ClFN3O. The maximum Gasteiger partial charge on any atom is 0.241 e. The number of amides is 1. The third-order valence-corrected chi connectivity index (χ3v) is 4.17. The Hall–Kier alpha value is -2.42. The van der Waals surface area contributed by atoms with Crippen molar-refractivity contribution in [1.82, 2.24) is 5.32 Å². The molecule has 0 saturated carbocycles. The van der Waals surface area contributed by atoms with Crippen LogP contribution in [0.2, 0.25) is 5.02 Å². The first kappa shape index (κ1) is 18.9. The van der Waals surface area contributed by atoms with E-state index in [1.807, 2.05) is 31.2 Å². The highest BCUT2D eigenvalue weighted by molar-refractivity contribution is 6.31. The molecule has 2 rings (SSSR count). The normalized spacial score (nSPS) is 11.6. The molecule has 0 aliphatic carbocycles. The molecule has 130 valence electrons. The van der Waals surface area contributed by atoms with Crippen LogP contribution in [0.3, 0.4) is 0 Å². The van der Waals surface area contributed by atoms with Crippen molar-refractivity contribution in [2.24, 2.45) is 0 Å². The van der Waals surface area contributed by atoms with Crippen molar-refractivity contribution in [2.75, 3.05) is 18.0 Å². The zero-order valence-corrected chi connectivity index (χ0v) is 14.6. The van der Waals surface area contributed by atoms with Gasteiger partial charge >= 0.3 is 0 Å². The molecule has 2 aromatic carbocycles. The summed E-state index contributed by atoms with van der Waals surface area (Å²) in [5.41, 5.74) is 1.06. The van der Waals surface area contributed by atoms with Gasteiger partial charge in [-0.25, -0.2) is 4.39 Å². The van der Waals surface area contributed by atoms with Crippen LogP contribution in [0.15, 0.2) is 48.5 Å². The Labute approximate surface area is 151 Å². The lowest BCUT2D eigenvalue weighted by molar-refractivity contribution is -0.117. The van der Waals surface area contributed by atoms with Crippen LogP contribution in [0.1, 0.15) is 24.9 Å². The number of nitrogens with one attached hydrogen (secondary N) is 1. The highest BCUT2D eigenvalue weighted by atomic mass is 35.5. The summed E-state index contributed by atoms with van der Waals surface area (Å²) in [6.45, 7) is 2.04. The number of rotatable bonds is 7. The van der Waals surface area contributed by atoms with Gasteiger partial charge in [-0.05, 0) is 30.7 Å². The number of halogens is 2. The predicted octanol–water partition coefficient (Wildman–Crippen LogP) is 4.08. The number of benzene rings is 2. The van der Waals surface area contributed by atoms with E-state index in [0.29, 0.717) is 5.02 Å². The zero-order chi connectivity index (χ0) is 18.2. The molecule has 2 aromatic rings. The lowest BCUT2D eigenvalue weighted by Gasteiger charge is -2.24. The summed E-state index contributed by atoms with van der Waals surface area (Å²) in [6.07, 6.45) is 0.125. The lowest BCUT2D eigenvalue weighted by atomic mass is 10.1. The van der Waals surface area contributed by atoms with Crippen LogP contribution in [0.25, 0.3) is 0 Å².